The van der Waals surface area contributed by atoms with Gasteiger partial charge < -0.3 is 109 Å². The summed E-state index contributed by atoms with van der Waals surface area (Å²) in [4.78, 5) is 11.6. The fourth-order valence-electron chi connectivity index (χ4n) is 6.03. The fourth-order valence-corrected chi connectivity index (χ4v) is 6.03. The third-order valence-corrected chi connectivity index (χ3v) is 9.03. The van der Waals surface area contributed by atoms with Crippen molar-refractivity contribution in [2.24, 2.45) is 0 Å². The smallest absolute Gasteiger partial charge is 0.335 e. The minimum absolute atomic E-state index is 0.369. The van der Waals surface area contributed by atoms with E-state index in [-0.39, 0.29) is 6.61 Å². The molecule has 0 saturated carbocycles. The summed E-state index contributed by atoms with van der Waals surface area (Å²) < 4.78 is 53.3. The summed E-state index contributed by atoms with van der Waals surface area (Å²) in [5, 5.41) is 124. The molecule has 0 amide bonds. The van der Waals surface area contributed by atoms with Crippen molar-refractivity contribution in [3.8, 4) is 0 Å². The van der Waals surface area contributed by atoms with Crippen molar-refractivity contribution in [2.45, 2.75) is 129 Å². The predicted octanol–water partition coefficient (Wildman–Crippen LogP) is -8.62. The summed E-state index contributed by atoms with van der Waals surface area (Å²) in [5.74, 6) is -1.56. The van der Waals surface area contributed by atoms with Crippen LogP contribution in [0.3, 0.4) is 0 Å². The topological polar surface area (TPSA) is 352 Å². The minimum Gasteiger partial charge on any atom is -0.479 e. The molecule has 12 N–H and O–H groups in total. The number of rotatable bonds is 10. The van der Waals surface area contributed by atoms with E-state index >= 15 is 0 Å². The van der Waals surface area contributed by atoms with Gasteiger partial charge in [-0.2, -0.15) is 0 Å². The third-order valence-electron chi connectivity index (χ3n) is 9.03. The second-order valence-corrected chi connectivity index (χ2v) is 12.4. The molecule has 0 bridgehead atoms. The van der Waals surface area contributed by atoms with Gasteiger partial charge in [-0.1, -0.05) is 0 Å². The van der Waals surface area contributed by atoms with Gasteiger partial charge in [0.05, 0.1) is 26.4 Å². The van der Waals surface area contributed by atoms with Gasteiger partial charge in [0.25, 0.3) is 0 Å². The van der Waals surface area contributed by atoms with Crippen LogP contribution in [-0.4, -0.2) is 230 Å². The molecule has 0 radical (unpaired) electrons. The number of hydrogen-bond acceptors (Lipinski definition) is 22. The van der Waals surface area contributed by atoms with Gasteiger partial charge in [0.2, 0.25) is 0 Å². The van der Waals surface area contributed by atoms with E-state index in [1.807, 2.05) is 0 Å². The van der Waals surface area contributed by atoms with E-state index in [1.165, 1.54) is 0 Å². The second-order valence-electron chi connectivity index (χ2n) is 12.4. The molecule has 0 aromatic carbocycles. The summed E-state index contributed by atoms with van der Waals surface area (Å²) in [6, 6.07) is 0. The van der Waals surface area contributed by atoms with Gasteiger partial charge in [0.15, 0.2) is 37.6 Å². The molecule has 21 atom stereocenters. The molecule has 5 heterocycles. The SMILES string of the molecule is CO[C@H]1[C@H](O)[C@@H](O)[C@@H](O[C@H]2C(O)OC[C@@H](O[C@@H]3OC[C@@H](O[C@@H]4OC[C@@H](O[C@@H]5OC[C@@H](O)[C@H](O)[C@H]5O)[C@H](O)[C@H]4O)[C@H](O)[C@H]3O)[C@@H]2O)O[C@@H]1C(=O)O. The number of aliphatic hydroxyl groups excluding tert-OH is 11. The van der Waals surface area contributed by atoms with Crippen molar-refractivity contribution >= 4 is 5.97 Å². The molecule has 50 heavy (non-hydrogen) atoms. The number of carboxylic acid groups (broad SMARTS) is 1. The Morgan fingerprint density at radius 2 is 0.940 bits per heavy atom. The zero-order valence-electron chi connectivity index (χ0n) is 26.3. The Morgan fingerprint density at radius 3 is 1.44 bits per heavy atom. The van der Waals surface area contributed by atoms with Crippen molar-refractivity contribution in [3.63, 3.8) is 0 Å². The first-order valence-electron chi connectivity index (χ1n) is 15.6. The van der Waals surface area contributed by atoms with Gasteiger partial charge in [-0.3, -0.25) is 0 Å². The zero-order valence-corrected chi connectivity index (χ0v) is 26.3. The normalized spacial score (nSPS) is 52.0. The van der Waals surface area contributed by atoms with Crippen LogP contribution < -0.4 is 0 Å². The monoisotopic (exact) mass is 736 g/mol. The van der Waals surface area contributed by atoms with Gasteiger partial charge in [-0.05, 0) is 0 Å². The molecule has 5 fully saturated rings. The highest BCUT2D eigenvalue weighted by Crippen LogP contribution is 2.31. The van der Waals surface area contributed by atoms with Crippen LogP contribution in [0, 0.1) is 0 Å². The number of aliphatic carboxylic acids is 1. The molecular weight excluding hydrogens is 692 g/mol. The van der Waals surface area contributed by atoms with E-state index in [2.05, 4.69) is 0 Å². The molecule has 23 nitrogen and oxygen atoms in total. The average molecular weight is 737 g/mol. The molecule has 0 aromatic rings. The molecule has 23 heteroatoms. The van der Waals surface area contributed by atoms with Crippen LogP contribution in [0.5, 0.6) is 0 Å². The van der Waals surface area contributed by atoms with E-state index in [1.54, 1.807) is 0 Å². The van der Waals surface area contributed by atoms with Crippen molar-refractivity contribution in [3.05, 3.63) is 0 Å². The van der Waals surface area contributed by atoms with Gasteiger partial charge in [0.1, 0.15) is 91.6 Å². The minimum atomic E-state index is -1.89. The number of carbonyl (C=O) groups is 1. The Labute approximate surface area is 282 Å². The molecule has 5 rings (SSSR count). The molecule has 5 saturated heterocycles. The third kappa shape index (κ3) is 8.23. The van der Waals surface area contributed by atoms with Crippen LogP contribution in [0.15, 0.2) is 0 Å². The summed E-state index contributed by atoms with van der Waals surface area (Å²) in [7, 11) is 1.09. The van der Waals surface area contributed by atoms with Crippen molar-refractivity contribution in [1.29, 1.82) is 0 Å². The number of hydrogen-bond donors (Lipinski definition) is 12. The van der Waals surface area contributed by atoms with Gasteiger partial charge >= 0.3 is 5.97 Å². The largest absolute Gasteiger partial charge is 0.479 e. The number of aliphatic hydroxyl groups is 11. The standard InChI is InChI=1S/C27H44O23/c1-41-19-14(33)18(37)27(50-21(19)22(38)39)49-20-13(32)9(3-42-23(20)40)48-26-17(36)12(31)8(5-45-26)47-25-16(35)11(30)7(4-44-25)46-24-15(34)10(29)6(28)2-43-24/h6-21,23-37,40H,2-5H2,1H3,(H,38,39)/t6-,7-,8-,9-,10+,11+,12+,13+,14-,15-,16-,17-,18-,19+,20-,21+,23?,24+,25+,26+,27+/m1/s1. The van der Waals surface area contributed by atoms with E-state index in [4.69, 9.17) is 47.4 Å². The molecule has 5 aliphatic rings. The highest BCUT2D eigenvalue weighted by molar-refractivity contribution is 5.73. The quantitative estimate of drug-likeness (QED) is 0.0990. The molecule has 0 aliphatic carbocycles. The molecule has 0 spiro atoms. The van der Waals surface area contributed by atoms with Crippen LogP contribution in [0.25, 0.3) is 0 Å². The lowest BCUT2D eigenvalue weighted by molar-refractivity contribution is -0.370. The molecular formula is C27H44O23. The highest BCUT2D eigenvalue weighted by Gasteiger charge is 2.53. The van der Waals surface area contributed by atoms with E-state index < -0.39 is 155 Å². The van der Waals surface area contributed by atoms with Gasteiger partial charge in [0, 0.05) is 7.11 Å². The number of ether oxygens (including phenoxy) is 10. The molecule has 1 unspecified atom stereocenters. The van der Waals surface area contributed by atoms with E-state index in [9.17, 15) is 66.1 Å². The Kier molecular flexibility index (Phi) is 13.3. The van der Waals surface area contributed by atoms with Crippen LogP contribution in [-0.2, 0) is 52.2 Å². The van der Waals surface area contributed by atoms with Crippen LogP contribution in [0.4, 0.5) is 0 Å². The fraction of sp³-hybridized carbons (Fsp3) is 0.963. The Balaban J connectivity index is 1.13. The summed E-state index contributed by atoms with van der Waals surface area (Å²) in [6.45, 7) is -1.79. The Morgan fingerprint density at radius 1 is 0.500 bits per heavy atom. The molecule has 290 valence electrons. The lowest BCUT2D eigenvalue weighted by Crippen LogP contribution is -2.64. The summed E-state index contributed by atoms with van der Waals surface area (Å²) in [6.07, 6.45) is -34.7. The van der Waals surface area contributed by atoms with Crippen LogP contribution in [0.2, 0.25) is 0 Å². The molecule has 5 aliphatic heterocycles. The predicted molar refractivity (Wildman–Crippen MR) is 148 cm³/mol. The van der Waals surface area contributed by atoms with E-state index in [0.717, 1.165) is 7.11 Å². The average Bonchev–Trinajstić information content (AvgIpc) is 3.08. The first-order valence-corrected chi connectivity index (χ1v) is 15.6. The highest BCUT2D eigenvalue weighted by atomic mass is 16.8. The van der Waals surface area contributed by atoms with Crippen molar-refractivity contribution < 1.29 is 113 Å². The lowest BCUT2D eigenvalue weighted by atomic mass is 9.98. The van der Waals surface area contributed by atoms with Crippen molar-refractivity contribution in [1.82, 2.24) is 0 Å². The van der Waals surface area contributed by atoms with Crippen LogP contribution in [0.1, 0.15) is 0 Å². The summed E-state index contributed by atoms with van der Waals surface area (Å²) in [5.41, 5.74) is 0. The van der Waals surface area contributed by atoms with Gasteiger partial charge in [-0.25, -0.2) is 4.79 Å². The maximum atomic E-state index is 11.6. The van der Waals surface area contributed by atoms with Crippen molar-refractivity contribution in [2.75, 3.05) is 33.5 Å². The zero-order chi connectivity index (χ0) is 36.6. The lowest BCUT2D eigenvalue weighted by Gasteiger charge is -2.46. The van der Waals surface area contributed by atoms with Gasteiger partial charge in [-0.15, -0.1) is 0 Å². The molecule has 0 aromatic heterocycles. The first kappa shape index (κ1) is 39.8. The Hall–Kier alpha value is -1.37. The first-order chi connectivity index (χ1) is 23.6. The number of methoxy groups -OCH3 is 1. The maximum absolute atomic E-state index is 11.6. The van der Waals surface area contributed by atoms with E-state index in [0.29, 0.717) is 0 Å². The summed E-state index contributed by atoms with van der Waals surface area (Å²) >= 11 is 0. The second kappa shape index (κ2) is 16.8. The van der Waals surface area contributed by atoms with Crippen LogP contribution >= 0.6 is 0 Å². The maximum Gasteiger partial charge on any atom is 0.335 e. The Bertz CT molecular complexity index is 1100. The number of carboxylic acids is 1.